The van der Waals surface area contributed by atoms with Gasteiger partial charge in [0.2, 0.25) is 0 Å². The predicted molar refractivity (Wildman–Crippen MR) is 103 cm³/mol. The maximum atomic E-state index is 12.2. The highest BCUT2D eigenvalue weighted by atomic mass is 16.5. The molecule has 28 heavy (non-hydrogen) atoms. The van der Waals surface area contributed by atoms with Crippen LogP contribution in [0.4, 0.5) is 0 Å². The molecule has 0 aromatic heterocycles. The van der Waals surface area contributed by atoms with Gasteiger partial charge in [0.05, 0.1) is 18.7 Å². The Labute approximate surface area is 163 Å². The van der Waals surface area contributed by atoms with E-state index in [2.05, 4.69) is 16.2 Å². The minimum absolute atomic E-state index is 0.252. The average molecular weight is 385 g/mol. The highest BCUT2D eigenvalue weighted by Crippen LogP contribution is 2.17. The Morgan fingerprint density at radius 1 is 0.929 bits per heavy atom. The highest BCUT2D eigenvalue weighted by Gasteiger charge is 2.13. The second kappa shape index (κ2) is 10.6. The number of hydrogen-bond donors (Lipinski definition) is 3. The van der Waals surface area contributed by atoms with Crippen LogP contribution in [0.15, 0.2) is 48.5 Å². The van der Waals surface area contributed by atoms with Crippen molar-refractivity contribution in [2.45, 2.75) is 13.8 Å². The SMILES string of the molecule is CCOc1ccccc1C(=O)NCC(=O)NNC(=O)COc1cccc(C)c1. The Morgan fingerprint density at radius 2 is 1.68 bits per heavy atom. The van der Waals surface area contributed by atoms with E-state index in [0.717, 1.165) is 5.56 Å². The minimum atomic E-state index is -0.578. The van der Waals surface area contributed by atoms with Crippen LogP contribution in [-0.4, -0.2) is 37.5 Å². The molecule has 0 unspecified atom stereocenters. The summed E-state index contributed by atoms with van der Waals surface area (Å²) in [5.74, 6) is -0.562. The van der Waals surface area contributed by atoms with E-state index in [4.69, 9.17) is 9.47 Å². The highest BCUT2D eigenvalue weighted by molar-refractivity contribution is 5.98. The van der Waals surface area contributed by atoms with Crippen LogP contribution in [0.25, 0.3) is 0 Å². The monoisotopic (exact) mass is 385 g/mol. The summed E-state index contributed by atoms with van der Waals surface area (Å²) in [4.78, 5) is 35.7. The number of para-hydroxylation sites is 1. The van der Waals surface area contributed by atoms with Gasteiger partial charge in [0.1, 0.15) is 11.5 Å². The van der Waals surface area contributed by atoms with Crippen molar-refractivity contribution in [3.63, 3.8) is 0 Å². The fraction of sp³-hybridized carbons (Fsp3) is 0.250. The first-order chi connectivity index (χ1) is 13.5. The number of aryl methyl sites for hydroxylation is 1. The smallest absolute Gasteiger partial charge is 0.276 e. The fourth-order valence-corrected chi connectivity index (χ4v) is 2.27. The molecule has 2 aromatic rings. The van der Waals surface area contributed by atoms with Gasteiger partial charge in [0.25, 0.3) is 17.7 Å². The van der Waals surface area contributed by atoms with Crippen molar-refractivity contribution in [2.75, 3.05) is 19.8 Å². The average Bonchev–Trinajstić information content (AvgIpc) is 2.69. The number of hydrazine groups is 1. The molecule has 8 heteroatoms. The van der Waals surface area contributed by atoms with Gasteiger partial charge in [-0.1, -0.05) is 24.3 Å². The van der Waals surface area contributed by atoms with Crippen molar-refractivity contribution < 1.29 is 23.9 Å². The van der Waals surface area contributed by atoms with Gasteiger partial charge in [0, 0.05) is 0 Å². The molecule has 0 bridgehead atoms. The first-order valence-electron chi connectivity index (χ1n) is 8.76. The third kappa shape index (κ3) is 6.64. The van der Waals surface area contributed by atoms with Gasteiger partial charge in [-0.3, -0.25) is 25.2 Å². The van der Waals surface area contributed by atoms with E-state index >= 15 is 0 Å². The molecule has 0 fully saturated rings. The number of carbonyl (C=O) groups excluding carboxylic acids is 3. The topological polar surface area (TPSA) is 106 Å². The molecule has 0 aliphatic carbocycles. The Kier molecular flexibility index (Phi) is 7.83. The van der Waals surface area contributed by atoms with Crippen LogP contribution < -0.4 is 25.6 Å². The van der Waals surface area contributed by atoms with Gasteiger partial charge < -0.3 is 14.8 Å². The molecule has 0 saturated carbocycles. The molecule has 0 saturated heterocycles. The number of benzene rings is 2. The number of amides is 3. The first kappa shape index (κ1) is 20.8. The second-order valence-corrected chi connectivity index (χ2v) is 5.81. The van der Waals surface area contributed by atoms with Crippen LogP contribution >= 0.6 is 0 Å². The molecule has 0 aliphatic rings. The van der Waals surface area contributed by atoms with Crippen molar-refractivity contribution in [2.24, 2.45) is 0 Å². The molecule has 148 valence electrons. The number of hydrogen-bond acceptors (Lipinski definition) is 5. The predicted octanol–water partition coefficient (Wildman–Crippen LogP) is 1.35. The number of rotatable bonds is 8. The Hall–Kier alpha value is -3.55. The third-order valence-corrected chi connectivity index (χ3v) is 3.54. The lowest BCUT2D eigenvalue weighted by Gasteiger charge is -2.11. The van der Waals surface area contributed by atoms with Crippen LogP contribution in [0, 0.1) is 6.92 Å². The molecule has 3 N–H and O–H groups in total. The van der Waals surface area contributed by atoms with Gasteiger partial charge in [-0.15, -0.1) is 0 Å². The molecule has 2 aromatic carbocycles. The molecule has 0 aliphatic heterocycles. The van der Waals surface area contributed by atoms with Crippen molar-refractivity contribution in [3.05, 3.63) is 59.7 Å². The zero-order valence-corrected chi connectivity index (χ0v) is 15.8. The summed E-state index contributed by atoms with van der Waals surface area (Å²) >= 11 is 0. The van der Waals surface area contributed by atoms with Crippen LogP contribution in [0.2, 0.25) is 0 Å². The maximum Gasteiger partial charge on any atom is 0.276 e. The molecule has 2 rings (SSSR count). The minimum Gasteiger partial charge on any atom is -0.493 e. The van der Waals surface area contributed by atoms with Crippen molar-refractivity contribution in [3.8, 4) is 11.5 Å². The van der Waals surface area contributed by atoms with Gasteiger partial charge >= 0.3 is 0 Å². The van der Waals surface area contributed by atoms with Crippen LogP contribution in [0.1, 0.15) is 22.8 Å². The quantitative estimate of drug-likeness (QED) is 0.595. The Bertz CT molecular complexity index is 838. The summed E-state index contributed by atoms with van der Waals surface area (Å²) in [5.41, 5.74) is 5.77. The molecule has 8 nitrogen and oxygen atoms in total. The zero-order chi connectivity index (χ0) is 20.4. The lowest BCUT2D eigenvalue weighted by molar-refractivity contribution is -0.129. The molecular weight excluding hydrogens is 362 g/mol. The summed E-state index contributed by atoms with van der Waals surface area (Å²) < 4.78 is 10.7. The second-order valence-electron chi connectivity index (χ2n) is 5.81. The molecule has 0 atom stereocenters. The van der Waals surface area contributed by atoms with Gasteiger partial charge in [-0.25, -0.2) is 0 Å². The van der Waals surface area contributed by atoms with E-state index < -0.39 is 17.7 Å². The van der Waals surface area contributed by atoms with Crippen LogP contribution in [0.3, 0.4) is 0 Å². The first-order valence-corrected chi connectivity index (χ1v) is 8.76. The summed E-state index contributed by atoms with van der Waals surface area (Å²) in [6, 6.07) is 14.0. The maximum absolute atomic E-state index is 12.2. The van der Waals surface area contributed by atoms with Crippen LogP contribution in [0.5, 0.6) is 11.5 Å². The molecule has 0 heterocycles. The largest absolute Gasteiger partial charge is 0.493 e. The van der Waals surface area contributed by atoms with E-state index in [-0.39, 0.29) is 13.2 Å². The van der Waals surface area contributed by atoms with Gasteiger partial charge in [0.15, 0.2) is 6.61 Å². The van der Waals surface area contributed by atoms with Crippen molar-refractivity contribution in [1.29, 1.82) is 0 Å². The van der Waals surface area contributed by atoms with E-state index in [1.165, 1.54) is 0 Å². The van der Waals surface area contributed by atoms with Gasteiger partial charge in [-0.05, 0) is 43.7 Å². The van der Waals surface area contributed by atoms with Gasteiger partial charge in [-0.2, -0.15) is 0 Å². The Balaban J connectivity index is 1.72. The van der Waals surface area contributed by atoms with Crippen molar-refractivity contribution >= 4 is 17.7 Å². The summed E-state index contributed by atoms with van der Waals surface area (Å²) in [7, 11) is 0. The summed E-state index contributed by atoms with van der Waals surface area (Å²) in [6.07, 6.45) is 0. The molecular formula is C20H23N3O5. The Morgan fingerprint density at radius 3 is 2.43 bits per heavy atom. The zero-order valence-electron chi connectivity index (χ0n) is 15.8. The third-order valence-electron chi connectivity index (χ3n) is 3.54. The van der Waals surface area contributed by atoms with Crippen LogP contribution in [-0.2, 0) is 9.59 Å². The number of carbonyl (C=O) groups is 3. The van der Waals surface area contributed by atoms with E-state index in [0.29, 0.717) is 23.7 Å². The molecule has 0 spiro atoms. The summed E-state index contributed by atoms with van der Waals surface area (Å²) in [5, 5.41) is 2.47. The summed E-state index contributed by atoms with van der Waals surface area (Å²) in [6.45, 7) is 3.58. The van der Waals surface area contributed by atoms with E-state index in [9.17, 15) is 14.4 Å². The van der Waals surface area contributed by atoms with E-state index in [1.807, 2.05) is 26.0 Å². The van der Waals surface area contributed by atoms with Crippen molar-refractivity contribution in [1.82, 2.24) is 16.2 Å². The lowest BCUT2D eigenvalue weighted by Crippen LogP contribution is -2.47. The number of nitrogens with one attached hydrogen (secondary N) is 3. The molecule has 3 amide bonds. The molecule has 0 radical (unpaired) electrons. The lowest BCUT2D eigenvalue weighted by atomic mass is 10.2. The normalized spacial score (nSPS) is 9.93. The van der Waals surface area contributed by atoms with E-state index in [1.54, 1.807) is 36.4 Å². The fourth-order valence-electron chi connectivity index (χ4n) is 2.27. The number of ether oxygens (including phenoxy) is 2. The standard InChI is InChI=1S/C20H23N3O5/c1-3-27-17-10-5-4-9-16(17)20(26)21-12-18(24)22-23-19(25)13-28-15-8-6-7-14(2)11-15/h4-11H,3,12-13H2,1-2H3,(H,21,26)(H,22,24)(H,23,25).